The largest absolute Gasteiger partial charge is 0.440 e. The van der Waals surface area contributed by atoms with Crippen LogP contribution in [0.1, 0.15) is 33.1 Å². The number of oxazole rings is 1. The average molecular weight is 344 g/mol. The third kappa shape index (κ3) is 3.92. The van der Waals surface area contributed by atoms with Crippen molar-refractivity contribution in [3.8, 4) is 0 Å². The molecule has 2 aromatic rings. The van der Waals surface area contributed by atoms with Gasteiger partial charge in [0.1, 0.15) is 5.52 Å². The van der Waals surface area contributed by atoms with E-state index in [1.165, 1.54) is 0 Å². The molecule has 3 amide bonds. The van der Waals surface area contributed by atoms with E-state index in [4.69, 9.17) is 4.42 Å². The van der Waals surface area contributed by atoms with Crippen LogP contribution in [-0.4, -0.2) is 53.4 Å². The van der Waals surface area contributed by atoms with E-state index in [2.05, 4.69) is 10.3 Å². The molecule has 0 radical (unpaired) electrons. The number of carbonyl (C=O) groups excluding carboxylic acids is 2. The Bertz CT molecular complexity index is 778. The third-order valence-corrected chi connectivity index (χ3v) is 4.25. The molecule has 1 aliphatic rings. The number of nitrogens with one attached hydrogen (secondary N) is 1. The Labute approximate surface area is 147 Å². The lowest BCUT2D eigenvalue weighted by Gasteiger charge is -2.20. The van der Waals surface area contributed by atoms with E-state index in [-0.39, 0.29) is 11.4 Å². The Balaban J connectivity index is 1.71. The summed E-state index contributed by atoms with van der Waals surface area (Å²) >= 11 is 0. The second-order valence-electron chi connectivity index (χ2n) is 7.36. The number of rotatable bonds is 2. The van der Waals surface area contributed by atoms with Crippen molar-refractivity contribution in [1.29, 1.82) is 0 Å². The summed E-state index contributed by atoms with van der Waals surface area (Å²) < 4.78 is 5.78. The first-order valence-corrected chi connectivity index (χ1v) is 8.53. The lowest BCUT2D eigenvalue weighted by Crippen LogP contribution is -2.37. The van der Waals surface area contributed by atoms with Crippen LogP contribution in [0, 0.1) is 0 Å². The van der Waals surface area contributed by atoms with Gasteiger partial charge in [0, 0.05) is 37.3 Å². The molecule has 1 aliphatic heterocycles. The summed E-state index contributed by atoms with van der Waals surface area (Å²) in [4.78, 5) is 31.3. The van der Waals surface area contributed by atoms with Crippen LogP contribution in [0.15, 0.2) is 22.6 Å². The second-order valence-corrected chi connectivity index (χ2v) is 7.36. The van der Waals surface area contributed by atoms with Gasteiger partial charge >= 0.3 is 6.03 Å². The van der Waals surface area contributed by atoms with Crippen LogP contribution in [0.4, 0.5) is 10.5 Å². The molecule has 7 nitrogen and oxygen atoms in total. The molecule has 1 aromatic heterocycles. The lowest BCUT2D eigenvalue weighted by molar-refractivity contribution is -0.118. The zero-order chi connectivity index (χ0) is 18.0. The zero-order valence-electron chi connectivity index (χ0n) is 14.9. The number of aromatic nitrogens is 1. The molecular formula is C18H24N4O3. The fourth-order valence-electron chi connectivity index (χ4n) is 2.77. The van der Waals surface area contributed by atoms with Crippen LogP contribution in [-0.2, 0) is 10.2 Å². The second kappa shape index (κ2) is 6.74. The number of carbonyl (C=O) groups is 2. The third-order valence-electron chi connectivity index (χ3n) is 4.25. The van der Waals surface area contributed by atoms with Crippen LogP contribution >= 0.6 is 0 Å². The highest BCUT2D eigenvalue weighted by Crippen LogP contribution is 2.27. The van der Waals surface area contributed by atoms with E-state index < -0.39 is 0 Å². The lowest BCUT2D eigenvalue weighted by atomic mass is 9.97. The molecule has 1 aromatic carbocycles. The van der Waals surface area contributed by atoms with E-state index in [0.29, 0.717) is 43.3 Å². The van der Waals surface area contributed by atoms with Crippen molar-refractivity contribution in [1.82, 2.24) is 14.8 Å². The van der Waals surface area contributed by atoms with Crippen LogP contribution in [0.5, 0.6) is 0 Å². The predicted molar refractivity (Wildman–Crippen MR) is 95.6 cm³/mol. The minimum atomic E-state index is -0.168. The molecule has 0 saturated carbocycles. The van der Waals surface area contributed by atoms with Crippen LogP contribution in [0.3, 0.4) is 0 Å². The molecule has 25 heavy (non-hydrogen) atoms. The van der Waals surface area contributed by atoms with Gasteiger partial charge in [0.05, 0.1) is 0 Å². The first-order valence-electron chi connectivity index (χ1n) is 8.53. The Morgan fingerprint density at radius 2 is 2.04 bits per heavy atom. The van der Waals surface area contributed by atoms with Crippen molar-refractivity contribution in [2.24, 2.45) is 0 Å². The standard InChI is InChI=1S/C18H24N4O3/c1-18(2,3)16-20-14-11-13(5-6-15(14)25-16)19-17(24)22-8-4-7-21(12-23)9-10-22/h5-6,11-12H,4,7-10H2,1-3H3,(H,19,24). The highest BCUT2D eigenvalue weighted by molar-refractivity contribution is 5.91. The first-order chi connectivity index (χ1) is 11.9. The molecule has 0 atom stereocenters. The number of anilines is 1. The van der Waals surface area contributed by atoms with Gasteiger partial charge in [0.2, 0.25) is 12.3 Å². The topological polar surface area (TPSA) is 78.7 Å². The van der Waals surface area contributed by atoms with E-state index in [1.807, 2.05) is 39.0 Å². The maximum atomic E-state index is 12.5. The van der Waals surface area contributed by atoms with E-state index in [0.717, 1.165) is 18.3 Å². The van der Waals surface area contributed by atoms with Crippen molar-refractivity contribution < 1.29 is 14.0 Å². The molecule has 2 heterocycles. The molecule has 0 bridgehead atoms. The van der Waals surface area contributed by atoms with Gasteiger partial charge < -0.3 is 19.5 Å². The van der Waals surface area contributed by atoms with Crippen molar-refractivity contribution in [2.75, 3.05) is 31.5 Å². The fourth-order valence-corrected chi connectivity index (χ4v) is 2.77. The Kier molecular flexibility index (Phi) is 4.65. The zero-order valence-corrected chi connectivity index (χ0v) is 14.9. The SMILES string of the molecule is CC(C)(C)c1nc2cc(NC(=O)N3CCCN(C=O)CC3)ccc2o1. The monoisotopic (exact) mass is 344 g/mol. The van der Waals surface area contributed by atoms with Gasteiger partial charge in [-0.25, -0.2) is 9.78 Å². The first kappa shape index (κ1) is 17.3. The number of nitrogens with zero attached hydrogens (tertiary/aromatic N) is 3. The van der Waals surface area contributed by atoms with E-state index in [9.17, 15) is 9.59 Å². The number of benzene rings is 1. The van der Waals surface area contributed by atoms with Gasteiger partial charge in [0.15, 0.2) is 5.58 Å². The van der Waals surface area contributed by atoms with Crippen LogP contribution in [0.25, 0.3) is 11.1 Å². The highest BCUT2D eigenvalue weighted by atomic mass is 16.3. The van der Waals surface area contributed by atoms with Gasteiger partial charge in [-0.05, 0) is 24.6 Å². The molecule has 1 fully saturated rings. The van der Waals surface area contributed by atoms with Crippen molar-refractivity contribution in [2.45, 2.75) is 32.6 Å². The van der Waals surface area contributed by atoms with Crippen molar-refractivity contribution in [3.05, 3.63) is 24.1 Å². The summed E-state index contributed by atoms with van der Waals surface area (Å²) in [7, 11) is 0. The summed E-state index contributed by atoms with van der Waals surface area (Å²) in [6.45, 7) is 8.55. The normalized spacial score (nSPS) is 16.0. The molecule has 1 N–H and O–H groups in total. The van der Waals surface area contributed by atoms with Crippen molar-refractivity contribution >= 4 is 29.2 Å². The molecule has 3 rings (SSSR count). The average Bonchev–Trinajstić information content (AvgIpc) is 2.84. The maximum absolute atomic E-state index is 12.5. The molecule has 0 spiro atoms. The molecule has 7 heteroatoms. The number of hydrogen-bond donors (Lipinski definition) is 1. The van der Waals surface area contributed by atoms with Gasteiger partial charge in [-0.2, -0.15) is 0 Å². The van der Waals surface area contributed by atoms with Gasteiger partial charge in [-0.1, -0.05) is 20.8 Å². The van der Waals surface area contributed by atoms with E-state index >= 15 is 0 Å². The predicted octanol–water partition coefficient (Wildman–Crippen LogP) is 2.82. The minimum Gasteiger partial charge on any atom is -0.440 e. The summed E-state index contributed by atoms with van der Waals surface area (Å²) in [6.07, 6.45) is 1.62. The summed E-state index contributed by atoms with van der Waals surface area (Å²) in [6, 6.07) is 5.30. The van der Waals surface area contributed by atoms with Crippen LogP contribution < -0.4 is 5.32 Å². The fraction of sp³-hybridized carbons (Fsp3) is 0.500. The number of amides is 3. The molecular weight excluding hydrogens is 320 g/mol. The van der Waals surface area contributed by atoms with Crippen molar-refractivity contribution in [3.63, 3.8) is 0 Å². The molecule has 1 saturated heterocycles. The Morgan fingerprint density at radius 1 is 1.24 bits per heavy atom. The van der Waals surface area contributed by atoms with E-state index in [1.54, 1.807) is 9.80 Å². The maximum Gasteiger partial charge on any atom is 0.321 e. The minimum absolute atomic E-state index is 0.161. The Hall–Kier alpha value is -2.57. The van der Waals surface area contributed by atoms with Gasteiger partial charge in [-0.3, -0.25) is 4.79 Å². The quantitative estimate of drug-likeness (QED) is 0.850. The summed E-state index contributed by atoms with van der Waals surface area (Å²) in [5.74, 6) is 0.674. The van der Waals surface area contributed by atoms with Gasteiger partial charge in [-0.15, -0.1) is 0 Å². The van der Waals surface area contributed by atoms with Gasteiger partial charge in [0.25, 0.3) is 0 Å². The molecule has 0 unspecified atom stereocenters. The number of urea groups is 1. The highest BCUT2D eigenvalue weighted by Gasteiger charge is 2.22. The number of fused-ring (bicyclic) bond motifs is 1. The molecule has 0 aliphatic carbocycles. The molecule has 134 valence electrons. The Morgan fingerprint density at radius 3 is 2.76 bits per heavy atom. The smallest absolute Gasteiger partial charge is 0.321 e. The summed E-state index contributed by atoms with van der Waals surface area (Å²) in [5, 5.41) is 2.91. The number of hydrogen-bond acceptors (Lipinski definition) is 4. The van der Waals surface area contributed by atoms with Crippen LogP contribution in [0.2, 0.25) is 0 Å². The summed E-state index contributed by atoms with van der Waals surface area (Å²) in [5.41, 5.74) is 1.95.